The summed E-state index contributed by atoms with van der Waals surface area (Å²) in [7, 11) is 0. The number of ether oxygens (including phenoxy) is 1. The number of rotatable bonds is 9. The highest BCUT2D eigenvalue weighted by Crippen LogP contribution is 2.17. The number of carboxylic acid groups (broad SMARTS) is 3. The van der Waals surface area contributed by atoms with E-state index in [9.17, 15) is 29.1 Å². The van der Waals surface area contributed by atoms with Crippen LogP contribution in [0.5, 0.6) is 0 Å². The lowest BCUT2D eigenvalue weighted by molar-refractivity contribution is -0.173. The molecule has 12 nitrogen and oxygen atoms in total. The molecule has 0 rings (SSSR count). The van der Waals surface area contributed by atoms with Gasteiger partial charge in [0.05, 0.1) is 19.1 Å². The minimum absolute atomic E-state index is 0.108. The maximum Gasteiger partial charge on any atom is 0.338 e. The number of carbonyl (C=O) groups is 5. The number of carboxylic acids is 3. The second-order valence-electron chi connectivity index (χ2n) is 4.45. The number of hydrogen-bond donors (Lipinski definition) is 6. The first-order chi connectivity index (χ1) is 12.0. The summed E-state index contributed by atoms with van der Waals surface area (Å²) in [5.41, 5.74) is -2.93. The Morgan fingerprint density at radius 2 is 1.54 bits per heavy atom. The third kappa shape index (κ3) is 13.2. The van der Waals surface area contributed by atoms with Crippen LogP contribution >= 0.6 is 0 Å². The van der Waals surface area contributed by atoms with Gasteiger partial charge in [0.2, 0.25) is 0 Å². The van der Waals surface area contributed by atoms with E-state index in [1.807, 2.05) is 0 Å². The van der Waals surface area contributed by atoms with E-state index in [0.717, 1.165) is 6.26 Å². The molecule has 26 heavy (non-hydrogen) atoms. The second-order valence-corrected chi connectivity index (χ2v) is 4.45. The van der Waals surface area contributed by atoms with Crippen LogP contribution < -0.4 is 0 Å². The zero-order valence-electron chi connectivity index (χ0n) is 13.3. The minimum Gasteiger partial charge on any atom is -0.516 e. The summed E-state index contributed by atoms with van der Waals surface area (Å²) in [5, 5.41) is 50.7. The van der Waals surface area contributed by atoms with Gasteiger partial charge in [-0.2, -0.15) is 0 Å². The van der Waals surface area contributed by atoms with Gasteiger partial charge >= 0.3 is 29.8 Å². The van der Waals surface area contributed by atoms with Gasteiger partial charge in [0, 0.05) is 18.8 Å². The van der Waals surface area contributed by atoms with Gasteiger partial charge in [0.1, 0.15) is 0 Å². The first kappa shape index (κ1) is 25.0. The van der Waals surface area contributed by atoms with Crippen LogP contribution in [-0.4, -0.2) is 72.7 Å². The number of esters is 2. The molecule has 0 spiro atoms. The van der Waals surface area contributed by atoms with Gasteiger partial charge in [-0.05, 0) is 12.5 Å². The molecule has 0 heterocycles. The molecule has 12 heteroatoms. The third-order valence-corrected chi connectivity index (χ3v) is 2.26. The molecule has 0 saturated carbocycles. The molecule has 0 fully saturated rings. The van der Waals surface area contributed by atoms with Gasteiger partial charge in [0.15, 0.2) is 5.60 Å². The molecule has 1 unspecified atom stereocenters. The number of aliphatic hydroxyl groups is 3. The molecule has 146 valence electrons. The Balaban J connectivity index is 0. The van der Waals surface area contributed by atoms with E-state index < -0.39 is 48.3 Å². The highest BCUT2D eigenvalue weighted by Gasteiger charge is 2.41. The normalized spacial score (nSPS) is 12.7. The lowest BCUT2D eigenvalue weighted by Gasteiger charge is -2.19. The average Bonchev–Trinajstić information content (AvgIpc) is 2.50. The van der Waals surface area contributed by atoms with Crippen LogP contribution in [0.25, 0.3) is 0 Å². The third-order valence-electron chi connectivity index (χ3n) is 2.26. The van der Waals surface area contributed by atoms with Gasteiger partial charge < -0.3 is 35.4 Å². The molecule has 0 saturated heterocycles. The van der Waals surface area contributed by atoms with Crippen molar-refractivity contribution in [3.05, 3.63) is 24.5 Å². The van der Waals surface area contributed by atoms with Crippen molar-refractivity contribution in [2.75, 3.05) is 6.61 Å². The molecule has 0 aromatic rings. The summed E-state index contributed by atoms with van der Waals surface area (Å²) in [5.74, 6) is -8.07. The Morgan fingerprint density at radius 1 is 0.962 bits per heavy atom. The van der Waals surface area contributed by atoms with Crippen molar-refractivity contribution in [3.63, 3.8) is 0 Å². The standard InChI is InChI=1S/C10H10O10.C4H8O2/c11-5(12)1-2-7(15)20-8(16)4-10(19,9(17)18)3-6(13)14;5-3-1-2-4-6/h1-2,19H,3-4H2,(H,11,12)(H,13,14)(H,17,18);1,3,5-6H,2,4H2/b2-1-;. The summed E-state index contributed by atoms with van der Waals surface area (Å²) >= 11 is 0. The van der Waals surface area contributed by atoms with Gasteiger partial charge in [-0.15, -0.1) is 0 Å². The number of aliphatic hydroxyl groups excluding tert-OH is 2. The summed E-state index contributed by atoms with van der Waals surface area (Å²) < 4.78 is 3.98. The molecule has 1 atom stereocenters. The fourth-order valence-electron chi connectivity index (χ4n) is 1.17. The molecule has 0 radical (unpaired) electrons. The molecule has 0 amide bonds. The van der Waals surface area contributed by atoms with Crippen LogP contribution in [0.2, 0.25) is 0 Å². The van der Waals surface area contributed by atoms with E-state index in [1.165, 1.54) is 6.08 Å². The van der Waals surface area contributed by atoms with Crippen molar-refractivity contribution in [2.45, 2.75) is 24.9 Å². The van der Waals surface area contributed by atoms with Gasteiger partial charge in [0.25, 0.3) is 0 Å². The Kier molecular flexibility index (Phi) is 12.6. The molecule has 6 N–H and O–H groups in total. The number of hydrogen-bond acceptors (Lipinski definition) is 9. The van der Waals surface area contributed by atoms with E-state index in [4.69, 9.17) is 25.5 Å². The molecule has 0 bridgehead atoms. The zero-order chi connectivity index (χ0) is 20.8. The Morgan fingerprint density at radius 3 is 1.88 bits per heavy atom. The monoisotopic (exact) mass is 378 g/mol. The minimum atomic E-state index is -2.93. The summed E-state index contributed by atoms with van der Waals surface area (Å²) in [6.07, 6.45) is 1.14. The fraction of sp³-hybridized carbons (Fsp3) is 0.357. The highest BCUT2D eigenvalue weighted by molar-refractivity contribution is 5.97. The van der Waals surface area contributed by atoms with Crippen LogP contribution in [-0.2, 0) is 28.7 Å². The maximum absolute atomic E-state index is 11.2. The van der Waals surface area contributed by atoms with Crippen molar-refractivity contribution < 1.29 is 59.3 Å². The van der Waals surface area contributed by atoms with E-state index in [-0.39, 0.29) is 6.61 Å². The van der Waals surface area contributed by atoms with Crippen LogP contribution in [0, 0.1) is 0 Å². The van der Waals surface area contributed by atoms with E-state index in [1.54, 1.807) is 0 Å². The van der Waals surface area contributed by atoms with Crippen molar-refractivity contribution >= 4 is 29.8 Å². The SMILES string of the molecule is O=C(O)/C=C\C(=O)OC(=O)CC(O)(CC(=O)O)C(=O)O.OC=CCCO. The Hall–Kier alpha value is -3.25. The Labute approximate surface area is 146 Å². The smallest absolute Gasteiger partial charge is 0.338 e. The van der Waals surface area contributed by atoms with Crippen LogP contribution in [0.15, 0.2) is 24.5 Å². The summed E-state index contributed by atoms with van der Waals surface area (Å²) in [6.45, 7) is 0.108. The van der Waals surface area contributed by atoms with Crippen molar-refractivity contribution in [1.82, 2.24) is 0 Å². The van der Waals surface area contributed by atoms with Crippen LogP contribution in [0.3, 0.4) is 0 Å². The van der Waals surface area contributed by atoms with Crippen molar-refractivity contribution in [3.8, 4) is 0 Å². The lowest BCUT2D eigenvalue weighted by Crippen LogP contribution is -2.43. The first-order valence-corrected chi connectivity index (χ1v) is 6.71. The molecule has 0 aromatic heterocycles. The van der Waals surface area contributed by atoms with Gasteiger partial charge in [-0.3, -0.25) is 9.59 Å². The van der Waals surface area contributed by atoms with Crippen LogP contribution in [0.1, 0.15) is 19.3 Å². The van der Waals surface area contributed by atoms with E-state index >= 15 is 0 Å². The van der Waals surface area contributed by atoms with E-state index in [0.29, 0.717) is 18.6 Å². The molecule has 0 aliphatic rings. The molecular formula is C14H18O12. The van der Waals surface area contributed by atoms with E-state index in [2.05, 4.69) is 4.74 Å². The summed E-state index contributed by atoms with van der Waals surface area (Å²) in [4.78, 5) is 53.2. The molecule has 0 aliphatic carbocycles. The van der Waals surface area contributed by atoms with Crippen molar-refractivity contribution in [1.29, 1.82) is 0 Å². The first-order valence-electron chi connectivity index (χ1n) is 6.71. The number of aliphatic carboxylic acids is 3. The maximum atomic E-state index is 11.2. The second kappa shape index (κ2) is 13.1. The van der Waals surface area contributed by atoms with Crippen LogP contribution in [0.4, 0.5) is 0 Å². The largest absolute Gasteiger partial charge is 0.516 e. The topological polar surface area (TPSA) is 216 Å². The van der Waals surface area contributed by atoms with Gasteiger partial charge in [-0.1, -0.05) is 0 Å². The Bertz CT molecular complexity index is 576. The molecule has 0 aliphatic heterocycles. The average molecular weight is 378 g/mol. The van der Waals surface area contributed by atoms with Gasteiger partial charge in [-0.25, -0.2) is 14.4 Å². The predicted molar refractivity (Wildman–Crippen MR) is 80.8 cm³/mol. The fourth-order valence-corrected chi connectivity index (χ4v) is 1.17. The number of carbonyl (C=O) groups excluding carboxylic acids is 2. The predicted octanol–water partition coefficient (Wildman–Crippen LogP) is -1.18. The molecule has 0 aromatic carbocycles. The highest BCUT2D eigenvalue weighted by atomic mass is 16.6. The summed E-state index contributed by atoms with van der Waals surface area (Å²) in [6, 6.07) is 0. The molecular weight excluding hydrogens is 360 g/mol. The quantitative estimate of drug-likeness (QED) is 0.121. The zero-order valence-corrected chi connectivity index (χ0v) is 13.3. The lowest BCUT2D eigenvalue weighted by atomic mass is 9.96. The van der Waals surface area contributed by atoms with Crippen molar-refractivity contribution in [2.24, 2.45) is 0 Å².